The van der Waals surface area contributed by atoms with Gasteiger partial charge in [0, 0.05) is 24.3 Å². The number of nitrogens with zero attached hydrogens (tertiary/aromatic N) is 3. The lowest BCUT2D eigenvalue weighted by atomic mass is 9.76. The zero-order valence-electron chi connectivity index (χ0n) is 16.4. The summed E-state index contributed by atoms with van der Waals surface area (Å²) in [6, 6.07) is 17.4. The fourth-order valence-corrected chi connectivity index (χ4v) is 3.72. The number of hydrogen-bond acceptors (Lipinski definition) is 7. The molecule has 2 aromatic carbocycles. The van der Waals surface area contributed by atoms with Gasteiger partial charge in [0.1, 0.15) is 5.82 Å². The van der Waals surface area contributed by atoms with E-state index in [0.29, 0.717) is 36.1 Å². The van der Waals surface area contributed by atoms with Crippen molar-refractivity contribution in [3.8, 4) is 5.88 Å². The first kappa shape index (κ1) is 19.2. The van der Waals surface area contributed by atoms with Gasteiger partial charge in [-0.1, -0.05) is 42.5 Å². The van der Waals surface area contributed by atoms with Crippen molar-refractivity contribution in [2.24, 2.45) is 0 Å². The molecule has 1 atom stereocenters. The van der Waals surface area contributed by atoms with Gasteiger partial charge in [-0.15, -0.1) is 0 Å². The quantitative estimate of drug-likeness (QED) is 0.554. The van der Waals surface area contributed by atoms with E-state index in [2.05, 4.69) is 17.2 Å². The molecule has 0 saturated heterocycles. The zero-order valence-corrected chi connectivity index (χ0v) is 16.4. The highest BCUT2D eigenvalue weighted by Gasteiger charge is 2.33. The Balaban J connectivity index is 1.68. The molecule has 0 amide bonds. The second kappa shape index (κ2) is 8.10. The van der Waals surface area contributed by atoms with E-state index in [1.54, 1.807) is 19.2 Å². The van der Waals surface area contributed by atoms with Gasteiger partial charge < -0.3 is 25.0 Å². The first-order chi connectivity index (χ1) is 14.1. The Morgan fingerprint density at radius 1 is 1.14 bits per heavy atom. The van der Waals surface area contributed by atoms with Gasteiger partial charge in [0.05, 0.1) is 7.11 Å². The summed E-state index contributed by atoms with van der Waals surface area (Å²) in [5.41, 5.74) is 3.45. The first-order valence-electron chi connectivity index (χ1n) is 9.55. The molecule has 0 fully saturated rings. The maximum Gasteiger partial charge on any atom is 0.488 e. The van der Waals surface area contributed by atoms with E-state index in [1.807, 2.05) is 47.4 Å². The van der Waals surface area contributed by atoms with Gasteiger partial charge in [-0.25, -0.2) is 0 Å². The fourth-order valence-electron chi connectivity index (χ4n) is 3.72. The summed E-state index contributed by atoms with van der Waals surface area (Å²) in [6.45, 7) is 2.70. The van der Waals surface area contributed by atoms with Crippen LogP contribution in [-0.4, -0.2) is 40.3 Å². The fraction of sp³-hybridized carbons (Fsp3) is 0.238. The Kier molecular flexibility index (Phi) is 5.37. The first-order valence-corrected chi connectivity index (χ1v) is 9.55. The SMILES string of the molecule is COc1cc(NCc2ccccc2)nc(N2c3cccc(B(O)O)c3CC2C)n1. The summed E-state index contributed by atoms with van der Waals surface area (Å²) >= 11 is 0. The number of rotatable bonds is 6. The number of hydrogen-bond donors (Lipinski definition) is 3. The number of fused-ring (bicyclic) bond motifs is 1. The smallest absolute Gasteiger partial charge is 0.481 e. The number of methoxy groups -OCH3 is 1. The van der Waals surface area contributed by atoms with Crippen LogP contribution in [0, 0.1) is 0 Å². The topological polar surface area (TPSA) is 90.7 Å². The van der Waals surface area contributed by atoms with E-state index in [-0.39, 0.29) is 6.04 Å². The van der Waals surface area contributed by atoms with Crippen LogP contribution in [-0.2, 0) is 13.0 Å². The number of ether oxygens (including phenoxy) is 1. The van der Waals surface area contributed by atoms with Crippen molar-refractivity contribution < 1.29 is 14.8 Å². The standard InChI is InChI=1S/C21H23BN4O3/c1-14-11-16-17(22(27)28)9-6-10-18(16)26(14)21-24-19(12-20(25-21)29-2)23-13-15-7-4-3-5-8-15/h3-10,12,14,27-28H,11,13H2,1-2H3,(H,23,24,25). The number of aromatic nitrogens is 2. The van der Waals surface area contributed by atoms with Gasteiger partial charge in [-0.2, -0.15) is 9.97 Å². The zero-order chi connectivity index (χ0) is 20.4. The van der Waals surface area contributed by atoms with Crippen molar-refractivity contribution in [2.75, 3.05) is 17.3 Å². The van der Waals surface area contributed by atoms with Crippen molar-refractivity contribution in [2.45, 2.75) is 25.9 Å². The molecule has 2 heterocycles. The summed E-state index contributed by atoms with van der Waals surface area (Å²) in [4.78, 5) is 11.3. The van der Waals surface area contributed by atoms with Crippen LogP contribution in [0.2, 0.25) is 0 Å². The largest absolute Gasteiger partial charge is 0.488 e. The van der Waals surface area contributed by atoms with Crippen LogP contribution in [0.25, 0.3) is 0 Å². The third-order valence-electron chi connectivity index (χ3n) is 5.10. The summed E-state index contributed by atoms with van der Waals surface area (Å²) in [5.74, 6) is 1.63. The Bertz CT molecular complexity index is 1000. The molecule has 1 aliphatic heterocycles. The van der Waals surface area contributed by atoms with E-state index in [4.69, 9.17) is 9.72 Å². The molecule has 1 aromatic heterocycles. The number of nitrogens with one attached hydrogen (secondary N) is 1. The molecule has 3 aromatic rings. The Morgan fingerprint density at radius 3 is 2.66 bits per heavy atom. The summed E-state index contributed by atoms with van der Waals surface area (Å²) in [6.07, 6.45) is 0.677. The number of benzene rings is 2. The van der Waals surface area contributed by atoms with Crippen molar-refractivity contribution >= 4 is 30.0 Å². The van der Waals surface area contributed by atoms with Crippen molar-refractivity contribution in [3.63, 3.8) is 0 Å². The predicted octanol–water partition coefficient (Wildman–Crippen LogP) is 1.86. The molecule has 4 rings (SSSR count). The molecule has 8 heteroatoms. The number of anilines is 3. The molecule has 0 bridgehead atoms. The minimum atomic E-state index is -1.51. The van der Waals surface area contributed by atoms with Crippen molar-refractivity contribution in [1.82, 2.24) is 9.97 Å². The lowest BCUT2D eigenvalue weighted by molar-refractivity contribution is 0.397. The average molecular weight is 390 g/mol. The molecular formula is C21H23BN4O3. The van der Waals surface area contributed by atoms with Crippen molar-refractivity contribution in [1.29, 1.82) is 0 Å². The van der Waals surface area contributed by atoms with Crippen LogP contribution in [0.4, 0.5) is 17.5 Å². The highest BCUT2D eigenvalue weighted by molar-refractivity contribution is 6.59. The predicted molar refractivity (Wildman–Crippen MR) is 114 cm³/mol. The van der Waals surface area contributed by atoms with E-state index in [9.17, 15) is 10.0 Å². The van der Waals surface area contributed by atoms with Crippen LogP contribution in [0.1, 0.15) is 18.1 Å². The van der Waals surface area contributed by atoms with Gasteiger partial charge in [-0.3, -0.25) is 0 Å². The molecule has 7 nitrogen and oxygen atoms in total. The third kappa shape index (κ3) is 3.90. The van der Waals surface area contributed by atoms with Gasteiger partial charge in [-0.05, 0) is 36.0 Å². The average Bonchev–Trinajstić information content (AvgIpc) is 3.08. The molecule has 0 radical (unpaired) electrons. The monoisotopic (exact) mass is 390 g/mol. The Hall–Kier alpha value is -3.10. The molecule has 1 unspecified atom stereocenters. The van der Waals surface area contributed by atoms with Gasteiger partial charge >= 0.3 is 7.12 Å². The molecule has 3 N–H and O–H groups in total. The molecule has 0 saturated carbocycles. The van der Waals surface area contributed by atoms with E-state index < -0.39 is 7.12 Å². The highest BCUT2D eigenvalue weighted by atomic mass is 16.5. The van der Waals surface area contributed by atoms with Crippen molar-refractivity contribution in [3.05, 3.63) is 65.7 Å². The van der Waals surface area contributed by atoms with Crippen LogP contribution >= 0.6 is 0 Å². The molecular weight excluding hydrogens is 367 g/mol. The minimum absolute atomic E-state index is 0.0685. The molecule has 29 heavy (non-hydrogen) atoms. The summed E-state index contributed by atoms with van der Waals surface area (Å²) in [5, 5.41) is 22.8. The van der Waals surface area contributed by atoms with Crippen LogP contribution in [0.3, 0.4) is 0 Å². The third-order valence-corrected chi connectivity index (χ3v) is 5.10. The lowest BCUT2D eigenvalue weighted by Gasteiger charge is -2.23. The maximum atomic E-state index is 9.71. The van der Waals surface area contributed by atoms with Crippen LogP contribution < -0.4 is 20.4 Å². The Labute approximate surface area is 170 Å². The summed E-state index contributed by atoms with van der Waals surface area (Å²) < 4.78 is 5.39. The van der Waals surface area contributed by atoms with Crippen LogP contribution in [0.15, 0.2) is 54.6 Å². The molecule has 0 aliphatic carbocycles. The Morgan fingerprint density at radius 2 is 1.93 bits per heavy atom. The second-order valence-electron chi connectivity index (χ2n) is 7.08. The highest BCUT2D eigenvalue weighted by Crippen LogP contribution is 2.37. The maximum absolute atomic E-state index is 9.71. The minimum Gasteiger partial charge on any atom is -0.481 e. The van der Waals surface area contributed by atoms with Gasteiger partial charge in [0.25, 0.3) is 0 Å². The van der Waals surface area contributed by atoms with Gasteiger partial charge in [0.2, 0.25) is 11.8 Å². The van der Waals surface area contributed by atoms with Crippen LogP contribution in [0.5, 0.6) is 5.88 Å². The van der Waals surface area contributed by atoms with E-state index >= 15 is 0 Å². The molecule has 148 valence electrons. The second-order valence-corrected chi connectivity index (χ2v) is 7.08. The lowest BCUT2D eigenvalue weighted by Crippen LogP contribution is -2.32. The summed E-state index contributed by atoms with van der Waals surface area (Å²) in [7, 11) is 0.0701. The molecule has 1 aliphatic rings. The van der Waals surface area contributed by atoms with E-state index in [0.717, 1.165) is 16.8 Å². The normalized spacial score (nSPS) is 15.2. The van der Waals surface area contributed by atoms with E-state index in [1.165, 1.54) is 0 Å². The van der Waals surface area contributed by atoms with Gasteiger partial charge in [0.15, 0.2) is 0 Å². The molecule has 0 spiro atoms.